The molecule has 0 fully saturated rings. The zero-order valence-electron chi connectivity index (χ0n) is 12.2. The van der Waals surface area contributed by atoms with Gasteiger partial charge in [0, 0.05) is 11.1 Å². The molecule has 0 spiro atoms. The van der Waals surface area contributed by atoms with Crippen molar-refractivity contribution in [3.63, 3.8) is 0 Å². The lowest BCUT2D eigenvalue weighted by Gasteiger charge is -2.18. The predicted octanol–water partition coefficient (Wildman–Crippen LogP) is 5.57. The molecule has 1 aliphatic rings. The molecule has 0 saturated heterocycles. The Morgan fingerprint density at radius 3 is 2.43 bits per heavy atom. The monoisotopic (exact) mass is 313 g/mol. The van der Waals surface area contributed by atoms with Crippen molar-refractivity contribution >= 4 is 16.5 Å². The van der Waals surface area contributed by atoms with Crippen LogP contribution in [0.4, 0.5) is 18.9 Å². The van der Waals surface area contributed by atoms with Crippen LogP contribution < -0.4 is 5.32 Å². The third-order valence-corrected chi connectivity index (χ3v) is 4.40. The molecule has 4 heteroatoms. The molecule has 4 rings (SSSR count). The Hall–Kier alpha value is -2.49. The van der Waals surface area contributed by atoms with E-state index >= 15 is 0 Å². The van der Waals surface area contributed by atoms with E-state index < -0.39 is 11.7 Å². The fraction of sp³-hybridized carbons (Fsp3) is 0.158. The minimum Gasteiger partial charge on any atom is -0.377 e. The van der Waals surface area contributed by atoms with E-state index in [-0.39, 0.29) is 6.04 Å². The quantitative estimate of drug-likeness (QED) is 0.619. The standard InChI is InChI=1S/C19H14F3N/c20-19(21,22)16-8-4-3-7-15(16)17-11-13-10-9-12-5-1-2-6-14(12)18(13)23-17/h1-10,17,23H,11H2. The van der Waals surface area contributed by atoms with Gasteiger partial charge in [0.1, 0.15) is 0 Å². The van der Waals surface area contributed by atoms with Crippen molar-refractivity contribution in [1.29, 1.82) is 0 Å². The van der Waals surface area contributed by atoms with Crippen molar-refractivity contribution in [2.75, 3.05) is 5.32 Å². The first-order chi connectivity index (χ1) is 11.0. The summed E-state index contributed by atoms with van der Waals surface area (Å²) in [4.78, 5) is 0. The summed E-state index contributed by atoms with van der Waals surface area (Å²) in [6, 6.07) is 17.4. The maximum absolute atomic E-state index is 13.3. The van der Waals surface area contributed by atoms with Gasteiger partial charge in [-0.2, -0.15) is 13.2 Å². The molecule has 1 heterocycles. The van der Waals surface area contributed by atoms with Crippen LogP contribution in [0.1, 0.15) is 22.7 Å². The highest BCUT2D eigenvalue weighted by Crippen LogP contribution is 2.42. The molecule has 0 aromatic heterocycles. The fourth-order valence-electron chi connectivity index (χ4n) is 3.35. The Morgan fingerprint density at radius 2 is 1.61 bits per heavy atom. The van der Waals surface area contributed by atoms with E-state index in [0.29, 0.717) is 12.0 Å². The minimum atomic E-state index is -4.34. The highest BCUT2D eigenvalue weighted by molar-refractivity contribution is 5.96. The number of rotatable bonds is 1. The van der Waals surface area contributed by atoms with Crippen molar-refractivity contribution in [3.8, 4) is 0 Å². The molecule has 1 unspecified atom stereocenters. The second-order valence-corrected chi connectivity index (χ2v) is 5.81. The number of hydrogen-bond acceptors (Lipinski definition) is 1. The topological polar surface area (TPSA) is 12.0 Å². The van der Waals surface area contributed by atoms with Gasteiger partial charge < -0.3 is 5.32 Å². The van der Waals surface area contributed by atoms with Crippen molar-refractivity contribution in [3.05, 3.63) is 77.4 Å². The lowest BCUT2D eigenvalue weighted by molar-refractivity contribution is -0.138. The predicted molar refractivity (Wildman–Crippen MR) is 85.5 cm³/mol. The first-order valence-electron chi connectivity index (χ1n) is 7.47. The molecule has 0 saturated carbocycles. The third kappa shape index (κ3) is 2.34. The van der Waals surface area contributed by atoms with E-state index in [2.05, 4.69) is 5.32 Å². The second-order valence-electron chi connectivity index (χ2n) is 5.81. The largest absolute Gasteiger partial charge is 0.416 e. The normalized spacial score (nSPS) is 17.1. The van der Waals surface area contributed by atoms with Gasteiger partial charge in [0.25, 0.3) is 0 Å². The molecule has 0 aliphatic carbocycles. The van der Waals surface area contributed by atoms with Crippen molar-refractivity contribution < 1.29 is 13.2 Å². The van der Waals surface area contributed by atoms with Gasteiger partial charge in [0.05, 0.1) is 11.6 Å². The van der Waals surface area contributed by atoms with Crippen LogP contribution in [0, 0.1) is 0 Å². The minimum absolute atomic E-state index is 0.306. The van der Waals surface area contributed by atoms with Gasteiger partial charge in [-0.05, 0) is 29.0 Å². The Morgan fingerprint density at radius 1 is 0.870 bits per heavy atom. The van der Waals surface area contributed by atoms with E-state index in [1.807, 2.05) is 36.4 Å². The number of hydrogen-bond donors (Lipinski definition) is 1. The van der Waals surface area contributed by atoms with Gasteiger partial charge >= 0.3 is 6.18 Å². The Labute approximate surface area is 131 Å². The van der Waals surface area contributed by atoms with Crippen LogP contribution in [0.5, 0.6) is 0 Å². The summed E-state index contributed by atoms with van der Waals surface area (Å²) in [5.74, 6) is 0. The van der Waals surface area contributed by atoms with Crippen LogP contribution in [0.15, 0.2) is 60.7 Å². The van der Waals surface area contributed by atoms with E-state index in [9.17, 15) is 13.2 Å². The third-order valence-electron chi connectivity index (χ3n) is 4.40. The fourth-order valence-corrected chi connectivity index (χ4v) is 3.35. The second kappa shape index (κ2) is 5.01. The Balaban J connectivity index is 1.79. The molecule has 3 aromatic carbocycles. The lowest BCUT2D eigenvalue weighted by atomic mass is 9.97. The maximum Gasteiger partial charge on any atom is 0.416 e. The molecule has 0 bridgehead atoms. The van der Waals surface area contributed by atoms with Crippen LogP contribution >= 0.6 is 0 Å². The summed E-state index contributed by atoms with van der Waals surface area (Å²) < 4.78 is 39.8. The molecule has 116 valence electrons. The van der Waals surface area contributed by atoms with Crippen molar-refractivity contribution in [2.45, 2.75) is 18.6 Å². The maximum atomic E-state index is 13.3. The summed E-state index contributed by atoms with van der Waals surface area (Å²) in [6.07, 6.45) is -3.78. The van der Waals surface area contributed by atoms with Crippen LogP contribution in [-0.4, -0.2) is 0 Å². The molecule has 1 atom stereocenters. The van der Waals surface area contributed by atoms with Gasteiger partial charge in [-0.1, -0.05) is 54.6 Å². The summed E-state index contributed by atoms with van der Waals surface area (Å²) in [7, 11) is 0. The molecule has 1 N–H and O–H groups in total. The van der Waals surface area contributed by atoms with Crippen LogP contribution in [0.25, 0.3) is 10.8 Å². The van der Waals surface area contributed by atoms with Crippen molar-refractivity contribution in [1.82, 2.24) is 0 Å². The summed E-state index contributed by atoms with van der Waals surface area (Å²) >= 11 is 0. The highest BCUT2D eigenvalue weighted by Gasteiger charge is 2.36. The Bertz CT molecular complexity index is 883. The number of anilines is 1. The van der Waals surface area contributed by atoms with Crippen LogP contribution in [-0.2, 0) is 12.6 Å². The SMILES string of the molecule is FC(F)(F)c1ccccc1C1Cc2ccc3ccccc3c2N1. The number of fused-ring (bicyclic) bond motifs is 3. The molecule has 1 nitrogen and oxygen atoms in total. The molecule has 3 aromatic rings. The Kier molecular flexibility index (Phi) is 3.08. The zero-order chi connectivity index (χ0) is 16.0. The smallest absolute Gasteiger partial charge is 0.377 e. The van der Waals surface area contributed by atoms with Crippen LogP contribution in [0.3, 0.4) is 0 Å². The van der Waals surface area contributed by atoms with E-state index in [0.717, 1.165) is 28.1 Å². The van der Waals surface area contributed by atoms with Gasteiger partial charge in [-0.3, -0.25) is 0 Å². The van der Waals surface area contributed by atoms with Crippen molar-refractivity contribution in [2.24, 2.45) is 0 Å². The molecular formula is C19H14F3N. The number of benzene rings is 3. The van der Waals surface area contributed by atoms with Gasteiger partial charge in [0.2, 0.25) is 0 Å². The zero-order valence-corrected chi connectivity index (χ0v) is 12.2. The van der Waals surface area contributed by atoms with E-state index in [4.69, 9.17) is 0 Å². The van der Waals surface area contributed by atoms with Gasteiger partial charge in [0.15, 0.2) is 0 Å². The van der Waals surface area contributed by atoms with E-state index in [1.54, 1.807) is 12.1 Å². The van der Waals surface area contributed by atoms with Gasteiger partial charge in [-0.25, -0.2) is 0 Å². The highest BCUT2D eigenvalue weighted by atomic mass is 19.4. The molecular weight excluding hydrogens is 299 g/mol. The molecule has 23 heavy (non-hydrogen) atoms. The summed E-state index contributed by atoms with van der Waals surface area (Å²) in [6.45, 7) is 0. The lowest BCUT2D eigenvalue weighted by Crippen LogP contribution is -2.15. The molecule has 0 radical (unpaired) electrons. The molecule has 0 amide bonds. The average molecular weight is 313 g/mol. The van der Waals surface area contributed by atoms with Crippen LogP contribution in [0.2, 0.25) is 0 Å². The number of nitrogens with one attached hydrogen (secondary N) is 1. The van der Waals surface area contributed by atoms with E-state index in [1.165, 1.54) is 6.07 Å². The summed E-state index contributed by atoms with van der Waals surface area (Å²) in [5.41, 5.74) is 1.76. The number of alkyl halides is 3. The first-order valence-corrected chi connectivity index (χ1v) is 7.47. The summed E-state index contributed by atoms with van der Waals surface area (Å²) in [5, 5.41) is 5.45. The van der Waals surface area contributed by atoms with Gasteiger partial charge in [-0.15, -0.1) is 0 Å². The average Bonchev–Trinajstić information content (AvgIpc) is 2.98. The first kappa shape index (κ1) is 14.1. The molecule has 1 aliphatic heterocycles. The number of halogens is 3.